The Labute approximate surface area is 283 Å². The van der Waals surface area contributed by atoms with Crippen LogP contribution in [-0.4, -0.2) is 43.8 Å². The number of carbonyl (C=O) groups is 2. The zero-order chi connectivity index (χ0) is 32.6. The van der Waals surface area contributed by atoms with E-state index in [0.29, 0.717) is 5.69 Å². The highest BCUT2D eigenvalue weighted by atomic mass is 79.9. The summed E-state index contributed by atoms with van der Waals surface area (Å²) in [7, 11) is -4.15. The van der Waals surface area contributed by atoms with Crippen LogP contribution in [0.2, 0.25) is 0 Å². The Balaban J connectivity index is 1.80. The molecule has 45 heavy (non-hydrogen) atoms. The Kier molecular flexibility index (Phi) is 12.0. The van der Waals surface area contributed by atoms with E-state index in [2.05, 4.69) is 37.2 Å². The van der Waals surface area contributed by atoms with Gasteiger partial charge in [-0.05, 0) is 79.9 Å². The quantitative estimate of drug-likeness (QED) is 0.156. The van der Waals surface area contributed by atoms with Crippen LogP contribution in [0.3, 0.4) is 0 Å². The lowest BCUT2D eigenvalue weighted by Crippen LogP contribution is -2.54. The maximum absolute atomic E-state index is 14.5. The first kappa shape index (κ1) is 34.4. The van der Waals surface area contributed by atoms with Gasteiger partial charge in [-0.2, -0.15) is 0 Å². The number of halogens is 2. The van der Waals surface area contributed by atoms with Gasteiger partial charge < -0.3 is 10.2 Å². The molecule has 0 aliphatic carbocycles. The van der Waals surface area contributed by atoms with Crippen LogP contribution < -0.4 is 9.62 Å². The molecule has 0 aliphatic heterocycles. The zero-order valence-corrected chi connectivity index (χ0v) is 29.5. The fraction of sp³-hybridized carbons (Fsp3) is 0.257. The van der Waals surface area contributed by atoms with Crippen LogP contribution in [0.4, 0.5) is 5.69 Å². The van der Waals surface area contributed by atoms with E-state index in [1.807, 2.05) is 75.4 Å². The number of nitrogens with one attached hydrogen (secondary N) is 1. The lowest BCUT2D eigenvalue weighted by Gasteiger charge is -2.34. The molecule has 7 nitrogen and oxygen atoms in total. The molecule has 2 amide bonds. The van der Waals surface area contributed by atoms with Gasteiger partial charge in [-0.1, -0.05) is 98.9 Å². The lowest BCUT2D eigenvalue weighted by atomic mass is 10.0. The van der Waals surface area contributed by atoms with Crippen molar-refractivity contribution in [1.82, 2.24) is 10.2 Å². The number of amides is 2. The first-order valence-electron chi connectivity index (χ1n) is 14.7. The van der Waals surface area contributed by atoms with Crippen molar-refractivity contribution < 1.29 is 18.0 Å². The van der Waals surface area contributed by atoms with Gasteiger partial charge >= 0.3 is 0 Å². The minimum absolute atomic E-state index is 0.0682. The molecule has 4 aromatic rings. The highest BCUT2D eigenvalue weighted by Gasteiger charge is 2.35. The van der Waals surface area contributed by atoms with E-state index in [9.17, 15) is 18.0 Å². The Morgan fingerprint density at radius 2 is 1.38 bits per heavy atom. The van der Waals surface area contributed by atoms with E-state index >= 15 is 0 Å². The monoisotopic (exact) mass is 753 g/mol. The summed E-state index contributed by atoms with van der Waals surface area (Å²) in [5.74, 6) is -0.799. The average molecular weight is 756 g/mol. The molecule has 4 aromatic carbocycles. The van der Waals surface area contributed by atoms with E-state index in [4.69, 9.17) is 0 Å². The van der Waals surface area contributed by atoms with Gasteiger partial charge in [0.1, 0.15) is 12.6 Å². The van der Waals surface area contributed by atoms with Crippen LogP contribution in [0, 0.1) is 6.92 Å². The first-order chi connectivity index (χ1) is 21.5. The predicted octanol–water partition coefficient (Wildman–Crippen LogP) is 7.27. The summed E-state index contributed by atoms with van der Waals surface area (Å²) in [5.41, 5.74) is 2.93. The molecule has 10 heteroatoms. The SMILES string of the molecule is CC[C@@H](C)NC(=O)[C@@H](Cc1ccccc1)N(Cc1ccc(Br)cc1)C(=O)CN(c1ccc(Br)cc1)S(=O)(=O)c1ccc(C)cc1. The van der Waals surface area contributed by atoms with Gasteiger partial charge in [0, 0.05) is 28.0 Å². The molecule has 1 N–H and O–H groups in total. The van der Waals surface area contributed by atoms with E-state index in [0.717, 1.165) is 36.4 Å². The van der Waals surface area contributed by atoms with Gasteiger partial charge in [-0.3, -0.25) is 13.9 Å². The van der Waals surface area contributed by atoms with Crippen LogP contribution in [-0.2, 0) is 32.6 Å². The summed E-state index contributed by atoms with van der Waals surface area (Å²) in [4.78, 5) is 30.0. The molecule has 0 spiro atoms. The maximum atomic E-state index is 14.5. The third-order valence-electron chi connectivity index (χ3n) is 7.54. The highest BCUT2D eigenvalue weighted by Crippen LogP contribution is 2.27. The Morgan fingerprint density at radius 1 is 0.800 bits per heavy atom. The molecule has 0 bridgehead atoms. The Morgan fingerprint density at radius 3 is 1.96 bits per heavy atom. The number of rotatable bonds is 13. The number of aryl methyl sites for hydroxylation is 1. The number of hydrogen-bond donors (Lipinski definition) is 1. The number of nitrogens with zero attached hydrogens (tertiary/aromatic N) is 2. The lowest BCUT2D eigenvalue weighted by molar-refractivity contribution is -0.140. The van der Waals surface area contributed by atoms with E-state index in [-0.39, 0.29) is 29.8 Å². The molecule has 0 saturated carbocycles. The summed E-state index contributed by atoms with van der Waals surface area (Å²) in [6.45, 7) is 5.38. The minimum Gasteiger partial charge on any atom is -0.352 e. The topological polar surface area (TPSA) is 86.8 Å². The molecule has 2 atom stereocenters. The van der Waals surface area contributed by atoms with Crippen molar-refractivity contribution in [3.63, 3.8) is 0 Å². The number of sulfonamides is 1. The van der Waals surface area contributed by atoms with Crippen molar-refractivity contribution in [3.05, 3.63) is 129 Å². The van der Waals surface area contributed by atoms with Crippen LogP contribution in [0.1, 0.15) is 37.0 Å². The van der Waals surface area contributed by atoms with Crippen molar-refractivity contribution in [2.45, 2.75) is 57.1 Å². The van der Waals surface area contributed by atoms with Crippen molar-refractivity contribution >= 4 is 59.4 Å². The van der Waals surface area contributed by atoms with Gasteiger partial charge in [0.05, 0.1) is 10.6 Å². The molecule has 0 aromatic heterocycles. The summed E-state index contributed by atoms with van der Waals surface area (Å²) in [6.07, 6.45) is 0.977. The van der Waals surface area contributed by atoms with Crippen molar-refractivity contribution in [1.29, 1.82) is 0 Å². The highest BCUT2D eigenvalue weighted by molar-refractivity contribution is 9.10. The minimum atomic E-state index is -4.15. The van der Waals surface area contributed by atoms with E-state index in [1.165, 1.54) is 4.90 Å². The molecular formula is C35H37Br2N3O4S. The number of carbonyl (C=O) groups excluding carboxylic acids is 2. The summed E-state index contributed by atoms with van der Waals surface area (Å²) in [6, 6.07) is 29.3. The number of benzene rings is 4. The zero-order valence-electron chi connectivity index (χ0n) is 25.5. The summed E-state index contributed by atoms with van der Waals surface area (Å²) in [5, 5.41) is 3.06. The molecule has 0 unspecified atom stereocenters. The van der Waals surface area contributed by atoms with Gasteiger partial charge in [-0.25, -0.2) is 8.42 Å². The van der Waals surface area contributed by atoms with Crippen LogP contribution in [0.15, 0.2) is 117 Å². The largest absolute Gasteiger partial charge is 0.352 e. The maximum Gasteiger partial charge on any atom is 0.264 e. The second-order valence-electron chi connectivity index (χ2n) is 11.0. The second kappa shape index (κ2) is 15.7. The Bertz CT molecular complexity index is 1680. The van der Waals surface area contributed by atoms with Gasteiger partial charge in [0.15, 0.2) is 0 Å². The van der Waals surface area contributed by atoms with Gasteiger partial charge in [0.2, 0.25) is 11.8 Å². The average Bonchev–Trinajstić information content (AvgIpc) is 3.03. The van der Waals surface area contributed by atoms with Crippen molar-refractivity contribution in [2.75, 3.05) is 10.8 Å². The molecule has 0 radical (unpaired) electrons. The smallest absolute Gasteiger partial charge is 0.264 e. The van der Waals surface area contributed by atoms with Crippen molar-refractivity contribution in [3.8, 4) is 0 Å². The van der Waals surface area contributed by atoms with Crippen molar-refractivity contribution in [2.24, 2.45) is 0 Å². The molecule has 0 saturated heterocycles. The van der Waals surface area contributed by atoms with Crippen LogP contribution in [0.5, 0.6) is 0 Å². The predicted molar refractivity (Wildman–Crippen MR) is 186 cm³/mol. The number of hydrogen-bond acceptors (Lipinski definition) is 4. The summed E-state index contributed by atoms with van der Waals surface area (Å²) >= 11 is 6.88. The van der Waals surface area contributed by atoms with Crippen LogP contribution >= 0.6 is 31.9 Å². The van der Waals surface area contributed by atoms with Gasteiger partial charge in [-0.15, -0.1) is 0 Å². The molecule has 4 rings (SSSR count). The fourth-order valence-corrected chi connectivity index (χ4v) is 6.70. The molecule has 0 heterocycles. The molecule has 236 valence electrons. The third kappa shape index (κ3) is 9.28. The molecule has 0 aliphatic rings. The number of anilines is 1. The first-order valence-corrected chi connectivity index (χ1v) is 17.7. The normalized spacial score (nSPS) is 12.6. The Hall–Kier alpha value is -3.47. The third-order valence-corrected chi connectivity index (χ3v) is 10.4. The summed E-state index contributed by atoms with van der Waals surface area (Å²) < 4.78 is 31.0. The van der Waals surface area contributed by atoms with E-state index in [1.54, 1.807) is 48.5 Å². The molecular weight excluding hydrogens is 718 g/mol. The molecule has 0 fully saturated rings. The fourth-order valence-electron chi connectivity index (χ4n) is 4.76. The second-order valence-corrected chi connectivity index (χ2v) is 14.7. The van der Waals surface area contributed by atoms with E-state index < -0.39 is 28.5 Å². The van der Waals surface area contributed by atoms with Crippen LogP contribution in [0.25, 0.3) is 0 Å². The standard InChI is InChI=1S/C35H37Br2N3O4S/c1-4-26(3)38-35(42)33(22-27-8-6-5-7-9-27)39(23-28-12-14-29(36)15-13-28)34(41)24-40(31-18-16-30(37)17-19-31)45(43,44)32-20-10-25(2)11-21-32/h5-21,26,33H,4,22-24H2,1-3H3,(H,38,42)/t26-,33-/m1/s1. The van der Waals surface area contributed by atoms with Gasteiger partial charge in [0.25, 0.3) is 10.0 Å².